The predicted molar refractivity (Wildman–Crippen MR) is 85.2 cm³/mol. The summed E-state index contributed by atoms with van der Waals surface area (Å²) < 4.78 is 31.8. The molecule has 5 heteroatoms. The van der Waals surface area contributed by atoms with Crippen LogP contribution in [0.2, 0.25) is 0 Å². The van der Waals surface area contributed by atoms with Crippen LogP contribution in [-0.2, 0) is 21.4 Å². The normalized spacial score (nSPS) is 11.7. The fraction of sp³-hybridized carbons (Fsp3) is 0.125. The molecule has 0 aromatic heterocycles. The first kappa shape index (κ1) is 15.3. The Labute approximate surface area is 125 Å². The number of methoxy groups -OCH3 is 1. The molecule has 0 atom stereocenters. The van der Waals surface area contributed by atoms with E-state index < -0.39 is 10.0 Å². The average molecular weight is 303 g/mol. The number of sulfonamides is 1. The van der Waals surface area contributed by atoms with Crippen molar-refractivity contribution in [1.82, 2.24) is 0 Å². The summed E-state index contributed by atoms with van der Waals surface area (Å²) in [7, 11) is -1.99. The van der Waals surface area contributed by atoms with E-state index in [9.17, 15) is 8.42 Å². The van der Waals surface area contributed by atoms with Crippen molar-refractivity contribution in [3.63, 3.8) is 0 Å². The fourth-order valence-corrected chi connectivity index (χ4v) is 2.73. The number of hydrogen-bond acceptors (Lipinski definition) is 3. The van der Waals surface area contributed by atoms with Crippen LogP contribution in [0.1, 0.15) is 11.1 Å². The number of hydrogen-bond donors (Lipinski definition) is 1. The van der Waals surface area contributed by atoms with Crippen molar-refractivity contribution in [2.45, 2.75) is 6.61 Å². The van der Waals surface area contributed by atoms with E-state index in [2.05, 4.69) is 4.72 Å². The Morgan fingerprint density at radius 3 is 2.43 bits per heavy atom. The van der Waals surface area contributed by atoms with Crippen LogP contribution >= 0.6 is 0 Å². The van der Waals surface area contributed by atoms with Gasteiger partial charge < -0.3 is 4.74 Å². The van der Waals surface area contributed by atoms with Crippen molar-refractivity contribution in [2.75, 3.05) is 11.8 Å². The monoisotopic (exact) mass is 303 g/mol. The van der Waals surface area contributed by atoms with E-state index in [1.165, 1.54) is 0 Å². The van der Waals surface area contributed by atoms with Gasteiger partial charge in [0, 0.05) is 12.7 Å². The van der Waals surface area contributed by atoms with Crippen LogP contribution in [0.5, 0.6) is 0 Å². The Bertz CT molecular complexity index is 709. The van der Waals surface area contributed by atoms with Gasteiger partial charge in [0.25, 0.3) is 10.0 Å². The van der Waals surface area contributed by atoms with Gasteiger partial charge in [0.15, 0.2) is 0 Å². The molecule has 0 saturated carbocycles. The summed E-state index contributed by atoms with van der Waals surface area (Å²) in [6, 6.07) is 16.4. The van der Waals surface area contributed by atoms with Gasteiger partial charge in [-0.1, -0.05) is 48.5 Å². The molecule has 0 saturated heterocycles. The van der Waals surface area contributed by atoms with Crippen molar-refractivity contribution in [1.29, 1.82) is 0 Å². The van der Waals surface area contributed by atoms with Gasteiger partial charge in [0.1, 0.15) is 0 Å². The lowest BCUT2D eigenvalue weighted by atomic mass is 10.2. The minimum absolute atomic E-state index is 0.348. The number of ether oxygens (including phenoxy) is 1. The van der Waals surface area contributed by atoms with E-state index in [4.69, 9.17) is 4.74 Å². The minimum atomic E-state index is -3.56. The molecule has 2 aromatic rings. The summed E-state index contributed by atoms with van der Waals surface area (Å²) in [6.07, 6.45) is 1.56. The zero-order valence-electron chi connectivity index (χ0n) is 11.7. The van der Waals surface area contributed by atoms with Crippen LogP contribution in [0.15, 0.2) is 60.0 Å². The zero-order valence-corrected chi connectivity index (χ0v) is 12.5. The largest absolute Gasteiger partial charge is 0.380 e. The molecule has 0 heterocycles. The Morgan fingerprint density at radius 1 is 1.05 bits per heavy atom. The molecule has 4 nitrogen and oxygen atoms in total. The van der Waals surface area contributed by atoms with Crippen LogP contribution < -0.4 is 4.72 Å². The highest BCUT2D eigenvalue weighted by Crippen LogP contribution is 2.18. The molecule has 0 aliphatic carbocycles. The lowest BCUT2D eigenvalue weighted by molar-refractivity contribution is 0.185. The van der Waals surface area contributed by atoms with Gasteiger partial charge in [0.2, 0.25) is 0 Å². The highest BCUT2D eigenvalue weighted by molar-refractivity contribution is 7.95. The molecule has 0 fully saturated rings. The van der Waals surface area contributed by atoms with E-state index in [0.717, 1.165) is 16.5 Å². The quantitative estimate of drug-likeness (QED) is 0.891. The summed E-state index contributed by atoms with van der Waals surface area (Å²) in [4.78, 5) is 0. The molecule has 0 aliphatic rings. The maximum Gasteiger partial charge on any atom is 0.255 e. The van der Waals surface area contributed by atoms with E-state index in [-0.39, 0.29) is 0 Å². The van der Waals surface area contributed by atoms with E-state index in [1.807, 2.05) is 42.5 Å². The predicted octanol–water partition coefficient (Wildman–Crippen LogP) is 3.25. The molecule has 2 aromatic carbocycles. The highest BCUT2D eigenvalue weighted by atomic mass is 32.2. The van der Waals surface area contributed by atoms with Crippen molar-refractivity contribution in [2.24, 2.45) is 0 Å². The average Bonchev–Trinajstić information content (AvgIpc) is 2.48. The summed E-state index contributed by atoms with van der Waals surface area (Å²) >= 11 is 0. The van der Waals surface area contributed by atoms with E-state index in [0.29, 0.717) is 12.3 Å². The van der Waals surface area contributed by atoms with Crippen LogP contribution in [0.25, 0.3) is 6.08 Å². The van der Waals surface area contributed by atoms with Gasteiger partial charge in [0.05, 0.1) is 17.7 Å². The number of para-hydroxylation sites is 1. The van der Waals surface area contributed by atoms with E-state index >= 15 is 0 Å². The van der Waals surface area contributed by atoms with Crippen molar-refractivity contribution >= 4 is 21.8 Å². The molecular weight excluding hydrogens is 286 g/mol. The lowest BCUT2D eigenvalue weighted by Gasteiger charge is -2.09. The molecule has 1 N–H and O–H groups in total. The minimum Gasteiger partial charge on any atom is -0.380 e. The van der Waals surface area contributed by atoms with Gasteiger partial charge in [-0.15, -0.1) is 0 Å². The van der Waals surface area contributed by atoms with Gasteiger partial charge in [-0.05, 0) is 17.7 Å². The third kappa shape index (κ3) is 4.73. The lowest BCUT2D eigenvalue weighted by Crippen LogP contribution is -2.10. The fourth-order valence-electron chi connectivity index (χ4n) is 1.82. The smallest absolute Gasteiger partial charge is 0.255 e. The Balaban J connectivity index is 2.16. The molecule has 0 spiro atoms. The second-order valence-corrected chi connectivity index (χ2v) is 6.02. The number of benzene rings is 2. The first-order valence-corrected chi connectivity index (χ1v) is 7.98. The summed E-state index contributed by atoms with van der Waals surface area (Å²) in [5.74, 6) is 0. The first-order chi connectivity index (χ1) is 10.1. The molecule has 21 heavy (non-hydrogen) atoms. The zero-order chi connectivity index (χ0) is 15.1. The third-order valence-corrected chi connectivity index (χ3v) is 3.81. The van der Waals surface area contributed by atoms with Crippen molar-refractivity contribution < 1.29 is 13.2 Å². The molecule has 0 radical (unpaired) electrons. The van der Waals surface area contributed by atoms with Gasteiger partial charge in [-0.3, -0.25) is 4.72 Å². The second-order valence-electron chi connectivity index (χ2n) is 4.45. The van der Waals surface area contributed by atoms with Gasteiger partial charge >= 0.3 is 0 Å². The number of anilines is 1. The SMILES string of the molecule is COCc1ccccc1NS(=O)(=O)/C=C/c1ccccc1. The Kier molecular flexibility index (Phi) is 5.14. The van der Waals surface area contributed by atoms with Crippen LogP contribution in [-0.4, -0.2) is 15.5 Å². The maximum absolute atomic E-state index is 12.1. The number of rotatable bonds is 6. The second kappa shape index (κ2) is 7.06. The Morgan fingerprint density at radius 2 is 1.71 bits per heavy atom. The van der Waals surface area contributed by atoms with Crippen molar-refractivity contribution in [3.8, 4) is 0 Å². The van der Waals surface area contributed by atoms with Crippen LogP contribution in [0.4, 0.5) is 5.69 Å². The van der Waals surface area contributed by atoms with Crippen LogP contribution in [0.3, 0.4) is 0 Å². The van der Waals surface area contributed by atoms with Crippen molar-refractivity contribution in [3.05, 3.63) is 71.1 Å². The summed E-state index contributed by atoms with van der Waals surface area (Å²) in [5.41, 5.74) is 2.14. The molecule has 0 bridgehead atoms. The summed E-state index contributed by atoms with van der Waals surface area (Å²) in [6.45, 7) is 0.348. The Hall–Kier alpha value is -2.11. The molecule has 0 aliphatic heterocycles. The molecule has 2 rings (SSSR count). The van der Waals surface area contributed by atoms with Crippen LogP contribution in [0, 0.1) is 0 Å². The number of nitrogens with one attached hydrogen (secondary N) is 1. The highest BCUT2D eigenvalue weighted by Gasteiger charge is 2.09. The van der Waals surface area contributed by atoms with E-state index in [1.54, 1.807) is 25.3 Å². The van der Waals surface area contributed by atoms with Gasteiger partial charge in [-0.2, -0.15) is 0 Å². The standard InChI is InChI=1S/C16H17NO3S/c1-20-13-15-9-5-6-10-16(15)17-21(18,19)12-11-14-7-3-2-4-8-14/h2-12,17H,13H2,1H3/b12-11+. The van der Waals surface area contributed by atoms with Gasteiger partial charge in [-0.25, -0.2) is 8.42 Å². The first-order valence-electron chi connectivity index (χ1n) is 6.43. The maximum atomic E-state index is 12.1. The topological polar surface area (TPSA) is 55.4 Å². The summed E-state index contributed by atoms with van der Waals surface area (Å²) in [5, 5.41) is 1.16. The molecular formula is C16H17NO3S. The molecule has 110 valence electrons. The molecule has 0 amide bonds. The third-order valence-electron chi connectivity index (χ3n) is 2.81. The molecule has 0 unspecified atom stereocenters.